The van der Waals surface area contributed by atoms with Gasteiger partial charge in [0.2, 0.25) is 0 Å². The van der Waals surface area contributed by atoms with Crippen LogP contribution in [0.25, 0.3) is 6.08 Å². The first-order valence-electron chi connectivity index (χ1n) is 6.43. The summed E-state index contributed by atoms with van der Waals surface area (Å²) >= 11 is 1.04. The Balaban J connectivity index is 2.15. The first kappa shape index (κ1) is 16.1. The van der Waals surface area contributed by atoms with E-state index in [-0.39, 0.29) is 0 Å². The highest BCUT2D eigenvalue weighted by atomic mass is 32.2. The monoisotopic (exact) mass is 330 g/mol. The molecule has 0 spiro atoms. The van der Waals surface area contributed by atoms with Crippen molar-refractivity contribution in [2.24, 2.45) is 0 Å². The zero-order valence-corrected chi connectivity index (χ0v) is 13.5. The quantitative estimate of drug-likeness (QED) is 0.665. The molecule has 0 saturated carbocycles. The Morgan fingerprint density at radius 2 is 1.91 bits per heavy atom. The van der Waals surface area contributed by atoms with E-state index >= 15 is 0 Å². The predicted molar refractivity (Wildman–Crippen MR) is 90.7 cm³/mol. The lowest BCUT2D eigenvalue weighted by Gasteiger charge is -2.08. The number of thioether (sulfide) groups is 1. The summed E-state index contributed by atoms with van der Waals surface area (Å²) in [5.41, 5.74) is 2.07. The molecule has 2 rings (SSSR count). The summed E-state index contributed by atoms with van der Waals surface area (Å²) in [5, 5.41) is 11.8. The van der Waals surface area contributed by atoms with Gasteiger partial charge in [-0.25, -0.2) is 8.42 Å². The second-order valence-corrected chi connectivity index (χ2v) is 6.95. The number of hydrogen-bond donors (Lipinski definition) is 1. The van der Waals surface area contributed by atoms with Crippen LogP contribution in [-0.2, 0) is 10.0 Å². The van der Waals surface area contributed by atoms with Gasteiger partial charge in [-0.15, -0.1) is 0 Å². The summed E-state index contributed by atoms with van der Waals surface area (Å²) in [6, 6.07) is 14.3. The van der Waals surface area contributed by atoms with Crippen LogP contribution >= 0.6 is 11.8 Å². The zero-order valence-electron chi connectivity index (χ0n) is 11.9. The maximum Gasteiger partial charge on any atom is 0.255 e. The first-order chi connectivity index (χ1) is 10.5. The first-order valence-corrected chi connectivity index (χ1v) is 8.79. The lowest BCUT2D eigenvalue weighted by atomic mass is 10.2. The van der Waals surface area contributed by atoms with Gasteiger partial charge in [0.25, 0.3) is 10.0 Å². The normalized spacial score (nSPS) is 11.3. The molecule has 6 heteroatoms. The van der Waals surface area contributed by atoms with E-state index in [9.17, 15) is 8.42 Å². The number of benzene rings is 2. The molecule has 0 saturated heterocycles. The second-order valence-electron chi connectivity index (χ2n) is 4.53. The van der Waals surface area contributed by atoms with E-state index < -0.39 is 10.0 Å². The van der Waals surface area contributed by atoms with E-state index in [0.29, 0.717) is 5.69 Å². The van der Waals surface area contributed by atoms with Crippen molar-refractivity contribution in [1.29, 1.82) is 5.26 Å². The third-order valence-electron chi connectivity index (χ3n) is 2.85. The molecule has 0 radical (unpaired) electrons. The Bertz CT molecular complexity index is 823. The van der Waals surface area contributed by atoms with Crippen LogP contribution in [0.3, 0.4) is 0 Å². The van der Waals surface area contributed by atoms with Gasteiger partial charge in [-0.3, -0.25) is 4.72 Å². The zero-order chi connectivity index (χ0) is 16.0. The minimum absolute atomic E-state index is 0.500. The van der Waals surface area contributed by atoms with Crippen LogP contribution in [0.2, 0.25) is 0 Å². The van der Waals surface area contributed by atoms with E-state index in [4.69, 9.17) is 5.26 Å². The van der Waals surface area contributed by atoms with Crippen LogP contribution in [0.4, 0.5) is 5.69 Å². The van der Waals surface area contributed by atoms with Crippen molar-refractivity contribution in [3.05, 3.63) is 65.1 Å². The molecule has 1 N–H and O–H groups in total. The maximum atomic E-state index is 12.1. The molecule has 4 nitrogen and oxygen atoms in total. The number of thiocyanates is 1. The van der Waals surface area contributed by atoms with Crippen molar-refractivity contribution in [2.45, 2.75) is 11.8 Å². The molecule has 0 fully saturated rings. The van der Waals surface area contributed by atoms with E-state index in [2.05, 4.69) is 4.72 Å². The highest BCUT2D eigenvalue weighted by molar-refractivity contribution is 8.03. The summed E-state index contributed by atoms with van der Waals surface area (Å²) in [4.78, 5) is 0.780. The predicted octanol–water partition coefficient (Wildman–Crippen LogP) is 3.98. The summed E-state index contributed by atoms with van der Waals surface area (Å²) in [5.74, 6) is 0. The maximum absolute atomic E-state index is 12.1. The molecule has 2 aromatic carbocycles. The Labute approximate surface area is 134 Å². The van der Waals surface area contributed by atoms with Crippen molar-refractivity contribution >= 4 is 33.5 Å². The minimum atomic E-state index is -3.58. The lowest BCUT2D eigenvalue weighted by molar-refractivity contribution is 0.609. The van der Waals surface area contributed by atoms with Crippen molar-refractivity contribution in [3.63, 3.8) is 0 Å². The van der Waals surface area contributed by atoms with Gasteiger partial charge < -0.3 is 0 Å². The van der Waals surface area contributed by atoms with Crippen LogP contribution in [0.15, 0.2) is 58.8 Å². The summed E-state index contributed by atoms with van der Waals surface area (Å²) in [6.07, 6.45) is 1.54. The minimum Gasteiger partial charge on any atom is -0.280 e. The Morgan fingerprint density at radius 3 is 2.55 bits per heavy atom. The van der Waals surface area contributed by atoms with Crippen LogP contribution in [0, 0.1) is 17.6 Å². The van der Waals surface area contributed by atoms with Gasteiger partial charge in [-0.2, -0.15) is 5.26 Å². The molecular weight excluding hydrogens is 316 g/mol. The number of nitrogens with one attached hydrogen (secondary N) is 1. The molecule has 0 atom stereocenters. The molecule has 0 bridgehead atoms. The molecule has 0 unspecified atom stereocenters. The Hall–Kier alpha value is -2.23. The molecule has 2 aromatic rings. The fraction of sp³-hybridized carbons (Fsp3) is 0.0625. The Morgan fingerprint density at radius 1 is 1.18 bits per heavy atom. The number of hydrogen-bond acceptors (Lipinski definition) is 4. The average Bonchev–Trinajstić information content (AvgIpc) is 2.49. The lowest BCUT2D eigenvalue weighted by Crippen LogP contribution is -2.09. The number of rotatable bonds is 5. The van der Waals surface area contributed by atoms with E-state index in [0.717, 1.165) is 33.2 Å². The van der Waals surface area contributed by atoms with E-state index in [1.165, 1.54) is 6.08 Å². The number of sulfonamides is 1. The number of nitrogens with zero attached hydrogens (tertiary/aromatic N) is 1. The molecule has 0 amide bonds. The van der Waals surface area contributed by atoms with Crippen molar-refractivity contribution in [1.82, 2.24) is 0 Å². The molecule has 0 aliphatic carbocycles. The molecule has 0 aromatic heterocycles. The van der Waals surface area contributed by atoms with Gasteiger partial charge >= 0.3 is 0 Å². The second kappa shape index (κ2) is 7.16. The van der Waals surface area contributed by atoms with Crippen LogP contribution in [-0.4, -0.2) is 8.42 Å². The van der Waals surface area contributed by atoms with Gasteiger partial charge in [-0.05, 0) is 54.1 Å². The van der Waals surface area contributed by atoms with Crippen LogP contribution < -0.4 is 4.72 Å². The summed E-state index contributed by atoms with van der Waals surface area (Å²) in [7, 11) is -3.58. The molecule has 0 heterocycles. The van der Waals surface area contributed by atoms with Gasteiger partial charge in [0.05, 0.1) is 11.1 Å². The van der Waals surface area contributed by atoms with Gasteiger partial charge in [-0.1, -0.05) is 30.3 Å². The highest BCUT2D eigenvalue weighted by Crippen LogP contribution is 2.24. The van der Waals surface area contributed by atoms with Crippen LogP contribution in [0.1, 0.15) is 11.1 Å². The van der Waals surface area contributed by atoms with E-state index in [1.807, 2.05) is 35.7 Å². The number of anilines is 1. The molecular formula is C16H14N2O2S2. The summed E-state index contributed by atoms with van der Waals surface area (Å²) in [6.45, 7) is 1.79. The number of aryl methyl sites for hydroxylation is 1. The van der Waals surface area contributed by atoms with Crippen LogP contribution in [0.5, 0.6) is 0 Å². The third-order valence-corrected chi connectivity index (χ3v) is 4.43. The highest BCUT2D eigenvalue weighted by Gasteiger charge is 2.08. The molecule has 112 valence electrons. The molecule has 0 aliphatic rings. The Kier molecular flexibility index (Phi) is 5.26. The smallest absolute Gasteiger partial charge is 0.255 e. The number of nitriles is 1. The standard InChI is InChI=1S/C16H14N2O2S2/c1-13-11-15(21-12-17)7-8-16(13)18-22(19,20)10-9-14-5-3-2-4-6-14/h2-11,18H,1H3/b10-9+. The van der Waals surface area contributed by atoms with Gasteiger partial charge in [0, 0.05) is 4.90 Å². The average molecular weight is 330 g/mol. The fourth-order valence-corrected chi connectivity index (χ4v) is 3.20. The molecule has 22 heavy (non-hydrogen) atoms. The van der Waals surface area contributed by atoms with Crippen molar-refractivity contribution < 1.29 is 8.42 Å². The van der Waals surface area contributed by atoms with Crippen molar-refractivity contribution in [2.75, 3.05) is 4.72 Å². The SMILES string of the molecule is Cc1cc(SC#N)ccc1NS(=O)(=O)/C=C/c1ccccc1. The van der Waals surface area contributed by atoms with Crippen molar-refractivity contribution in [3.8, 4) is 5.40 Å². The fourth-order valence-electron chi connectivity index (χ4n) is 1.79. The topological polar surface area (TPSA) is 70.0 Å². The van der Waals surface area contributed by atoms with Gasteiger partial charge in [0.1, 0.15) is 5.40 Å². The largest absolute Gasteiger partial charge is 0.280 e. The summed E-state index contributed by atoms with van der Waals surface area (Å²) < 4.78 is 26.7. The van der Waals surface area contributed by atoms with E-state index in [1.54, 1.807) is 25.1 Å². The molecule has 0 aliphatic heterocycles. The van der Waals surface area contributed by atoms with Gasteiger partial charge in [0.15, 0.2) is 0 Å². The third kappa shape index (κ3) is 4.65.